The van der Waals surface area contributed by atoms with E-state index in [2.05, 4.69) is 57.3 Å². The average molecular weight is 478 g/mol. The third-order valence-corrected chi connectivity index (χ3v) is 6.46. The molecular weight excluding hydrogens is 450 g/mol. The van der Waals surface area contributed by atoms with Gasteiger partial charge in [-0.1, -0.05) is 30.3 Å². The number of hydrogen-bond donors (Lipinski definition) is 1. The largest absolute Gasteiger partial charge is 0.480 e. The van der Waals surface area contributed by atoms with Crippen LogP contribution in [-0.2, 0) is 4.74 Å². The molecule has 0 bridgehead atoms. The molecule has 36 heavy (non-hydrogen) atoms. The van der Waals surface area contributed by atoms with Crippen LogP contribution in [-0.4, -0.2) is 40.9 Å². The summed E-state index contributed by atoms with van der Waals surface area (Å²) in [5.74, 6) is 0.528. The molecule has 0 radical (unpaired) electrons. The van der Waals surface area contributed by atoms with Crippen molar-refractivity contribution in [1.82, 2.24) is 14.5 Å². The Morgan fingerprint density at radius 3 is 2.58 bits per heavy atom. The zero-order valence-electron chi connectivity index (χ0n) is 20.1. The fraction of sp³-hybridized carbons (Fsp3) is 0.207. The fourth-order valence-corrected chi connectivity index (χ4v) is 4.71. The van der Waals surface area contributed by atoms with Gasteiger partial charge < -0.3 is 19.4 Å². The topological polar surface area (TPSA) is 73.6 Å². The summed E-state index contributed by atoms with van der Waals surface area (Å²) >= 11 is 0. The number of para-hydroxylation sites is 3. The predicted molar refractivity (Wildman–Crippen MR) is 141 cm³/mol. The number of rotatable bonds is 5. The number of methoxy groups -OCH3 is 1. The normalized spacial score (nSPS) is 14.9. The molecule has 3 aliphatic rings. The van der Waals surface area contributed by atoms with Crippen LogP contribution >= 0.6 is 0 Å². The Hall–Kier alpha value is -4.23. The minimum Gasteiger partial charge on any atom is -0.480 e. The van der Waals surface area contributed by atoms with Crippen molar-refractivity contribution in [2.24, 2.45) is 4.99 Å². The first kappa shape index (κ1) is 22.2. The molecule has 3 aromatic rings. The summed E-state index contributed by atoms with van der Waals surface area (Å²) in [6.45, 7) is 1.47. The van der Waals surface area contributed by atoms with E-state index in [4.69, 9.17) is 19.5 Å². The maximum atomic E-state index is 5.57. The lowest BCUT2D eigenvalue weighted by Gasteiger charge is -2.22. The van der Waals surface area contributed by atoms with Gasteiger partial charge in [0.15, 0.2) is 0 Å². The molecule has 0 atom stereocenters. The Balaban J connectivity index is 1.62. The molecule has 0 unspecified atom stereocenters. The highest BCUT2D eigenvalue weighted by atomic mass is 16.5. The number of aromatic nitrogens is 3. The van der Waals surface area contributed by atoms with Crippen LogP contribution in [0.15, 0.2) is 90.1 Å². The van der Waals surface area contributed by atoms with E-state index in [0.29, 0.717) is 5.88 Å². The van der Waals surface area contributed by atoms with Gasteiger partial charge in [-0.2, -0.15) is 0 Å². The summed E-state index contributed by atoms with van der Waals surface area (Å²) in [6.07, 6.45) is 3.53. The van der Waals surface area contributed by atoms with Gasteiger partial charge in [-0.3, -0.25) is 4.99 Å². The number of anilines is 2. The Morgan fingerprint density at radius 2 is 1.75 bits per heavy atom. The van der Waals surface area contributed by atoms with Crippen LogP contribution in [0.2, 0.25) is 0 Å². The van der Waals surface area contributed by atoms with Gasteiger partial charge >= 0.3 is 0 Å². The summed E-state index contributed by atoms with van der Waals surface area (Å²) in [4.78, 5) is 14.6. The molecule has 0 saturated carbocycles. The molecule has 0 spiro atoms. The second kappa shape index (κ2) is 9.79. The monoisotopic (exact) mass is 477 g/mol. The van der Waals surface area contributed by atoms with Crippen LogP contribution in [0.3, 0.4) is 0 Å². The van der Waals surface area contributed by atoms with E-state index in [-0.39, 0.29) is 6.04 Å². The molecule has 1 aliphatic carbocycles. The zero-order valence-corrected chi connectivity index (χ0v) is 20.1. The molecule has 0 amide bonds. The lowest BCUT2D eigenvalue weighted by Crippen LogP contribution is -2.23. The van der Waals surface area contributed by atoms with Crippen LogP contribution in [0.1, 0.15) is 12.8 Å². The number of ether oxygens (including phenoxy) is 2. The second-order valence-corrected chi connectivity index (χ2v) is 8.79. The summed E-state index contributed by atoms with van der Waals surface area (Å²) in [7, 11) is 1.62. The first-order chi connectivity index (χ1) is 17.8. The van der Waals surface area contributed by atoms with Gasteiger partial charge in [0.2, 0.25) is 5.88 Å². The van der Waals surface area contributed by atoms with E-state index in [1.165, 1.54) is 0 Å². The van der Waals surface area contributed by atoms with Gasteiger partial charge in [0.1, 0.15) is 5.69 Å². The van der Waals surface area contributed by atoms with Crippen molar-refractivity contribution in [3.05, 3.63) is 90.4 Å². The van der Waals surface area contributed by atoms with Crippen LogP contribution in [0.5, 0.6) is 5.88 Å². The van der Waals surface area contributed by atoms with Gasteiger partial charge in [0, 0.05) is 25.1 Å². The highest BCUT2D eigenvalue weighted by Crippen LogP contribution is 2.31. The number of benzene rings is 3. The van der Waals surface area contributed by atoms with E-state index in [1.54, 1.807) is 13.3 Å². The quantitative estimate of drug-likeness (QED) is 0.345. The first-order valence-electron chi connectivity index (χ1n) is 12.2. The lowest BCUT2D eigenvalue weighted by atomic mass is 10.1. The third-order valence-electron chi connectivity index (χ3n) is 6.46. The predicted octanol–water partition coefficient (Wildman–Crippen LogP) is 5.36. The minimum absolute atomic E-state index is 0.200. The van der Waals surface area contributed by atoms with E-state index in [9.17, 15) is 0 Å². The zero-order chi connectivity index (χ0) is 24.3. The van der Waals surface area contributed by atoms with Crippen molar-refractivity contribution >= 4 is 22.4 Å². The van der Waals surface area contributed by atoms with Crippen molar-refractivity contribution < 1.29 is 9.47 Å². The van der Waals surface area contributed by atoms with Crippen LogP contribution < -0.4 is 15.4 Å². The molecule has 3 heterocycles. The van der Waals surface area contributed by atoms with Crippen LogP contribution in [0.25, 0.3) is 28.1 Å². The minimum atomic E-state index is 0.200. The van der Waals surface area contributed by atoms with E-state index in [0.717, 1.165) is 70.9 Å². The SMILES string of the molecule is COc1ncccc1Nc1cc2nc3ccccc3n(-c3ccccc3)c-2c/c1=N\C1CCOCC1. The van der Waals surface area contributed by atoms with Crippen molar-refractivity contribution in [2.45, 2.75) is 18.9 Å². The summed E-state index contributed by atoms with van der Waals surface area (Å²) < 4.78 is 13.3. The first-order valence-corrected chi connectivity index (χ1v) is 12.2. The van der Waals surface area contributed by atoms with Gasteiger partial charge in [0.25, 0.3) is 0 Å². The number of hydrogen-bond acceptors (Lipinski definition) is 6. The van der Waals surface area contributed by atoms with E-state index >= 15 is 0 Å². The maximum absolute atomic E-state index is 5.57. The number of pyridine rings is 1. The summed E-state index contributed by atoms with van der Waals surface area (Å²) in [6, 6.07) is 26.9. The average Bonchev–Trinajstić information content (AvgIpc) is 2.93. The Morgan fingerprint density at radius 1 is 0.944 bits per heavy atom. The fourth-order valence-electron chi connectivity index (χ4n) is 4.71. The highest BCUT2D eigenvalue weighted by Gasteiger charge is 2.19. The standard InChI is InChI=1S/C29H27N5O2/c1-35-29-23(11-7-15-30-29)33-24-18-26-28(19-25(24)31-20-13-16-36-17-14-20)34(21-8-3-2-4-9-21)27-12-6-5-10-22(27)32-26/h2-12,15,18-20,33H,13-14,16-17H2,1H3/b31-25+. The highest BCUT2D eigenvalue weighted by molar-refractivity contribution is 5.84. The molecule has 2 aliphatic heterocycles. The summed E-state index contributed by atoms with van der Waals surface area (Å²) in [5.41, 5.74) is 6.55. The smallest absolute Gasteiger partial charge is 0.237 e. The van der Waals surface area contributed by atoms with Gasteiger partial charge in [0.05, 0.1) is 46.6 Å². The Labute approximate surface area is 209 Å². The van der Waals surface area contributed by atoms with Gasteiger partial charge in [-0.25, -0.2) is 9.97 Å². The Kier molecular flexibility index (Phi) is 6.05. The summed E-state index contributed by atoms with van der Waals surface area (Å²) in [5, 5.41) is 4.40. The number of nitrogens with one attached hydrogen (secondary N) is 1. The van der Waals surface area contributed by atoms with E-state index < -0.39 is 0 Å². The molecule has 180 valence electrons. The van der Waals surface area contributed by atoms with Crippen molar-refractivity contribution in [1.29, 1.82) is 0 Å². The Bertz CT molecular complexity index is 1540. The van der Waals surface area contributed by atoms with Crippen LogP contribution in [0, 0.1) is 0 Å². The number of nitrogens with zero attached hydrogens (tertiary/aromatic N) is 4. The maximum Gasteiger partial charge on any atom is 0.237 e. The van der Waals surface area contributed by atoms with Crippen LogP contribution in [0.4, 0.5) is 11.4 Å². The third kappa shape index (κ3) is 4.29. The molecule has 1 saturated heterocycles. The second-order valence-electron chi connectivity index (χ2n) is 8.79. The van der Waals surface area contributed by atoms with Crippen molar-refractivity contribution in [3.8, 4) is 23.0 Å². The van der Waals surface area contributed by atoms with Gasteiger partial charge in [-0.05, 0) is 61.4 Å². The molecular formula is C29H27N5O2. The van der Waals surface area contributed by atoms with E-state index in [1.807, 2.05) is 36.4 Å². The van der Waals surface area contributed by atoms with Gasteiger partial charge in [-0.15, -0.1) is 0 Å². The molecule has 1 N–H and O–H groups in total. The molecule has 6 rings (SSSR count). The number of fused-ring (bicyclic) bond motifs is 2. The lowest BCUT2D eigenvalue weighted by molar-refractivity contribution is 0.0864. The molecule has 1 fully saturated rings. The molecule has 2 aromatic carbocycles. The molecule has 7 heteroatoms. The molecule has 7 nitrogen and oxygen atoms in total. The van der Waals surface area contributed by atoms with Crippen molar-refractivity contribution in [2.75, 3.05) is 25.6 Å². The van der Waals surface area contributed by atoms with Crippen molar-refractivity contribution in [3.63, 3.8) is 0 Å². The molecule has 1 aromatic heterocycles.